The minimum Gasteiger partial charge on any atom is -0.497 e. The molecular weight excluding hydrogens is 226 g/mol. The lowest BCUT2D eigenvalue weighted by Gasteiger charge is -2.23. The third kappa shape index (κ3) is 2.26. The normalized spacial score (nSPS) is 29.3. The minimum absolute atomic E-state index is 0.119. The van der Waals surface area contributed by atoms with Crippen LogP contribution in [-0.2, 0) is 17.3 Å². The van der Waals surface area contributed by atoms with E-state index in [2.05, 4.69) is 0 Å². The molecule has 1 heterocycles. The van der Waals surface area contributed by atoms with Crippen molar-refractivity contribution >= 4 is 10.8 Å². The minimum atomic E-state index is -1.02. The highest BCUT2D eigenvalue weighted by Crippen LogP contribution is 2.26. The van der Waals surface area contributed by atoms with Crippen LogP contribution >= 0.6 is 0 Å². The molecule has 5 heteroatoms. The van der Waals surface area contributed by atoms with Crippen LogP contribution in [-0.4, -0.2) is 40.5 Å². The largest absolute Gasteiger partial charge is 0.497 e. The van der Waals surface area contributed by atoms with Crippen LogP contribution in [0, 0.1) is 0 Å². The highest BCUT2D eigenvalue weighted by Gasteiger charge is 2.28. The molecule has 1 aliphatic rings. The van der Waals surface area contributed by atoms with Gasteiger partial charge in [0.1, 0.15) is 18.8 Å². The number of rotatable bonds is 1. The number of benzene rings is 1. The van der Waals surface area contributed by atoms with Crippen LogP contribution < -0.4 is 4.74 Å². The average Bonchev–Trinajstić information content (AvgIpc) is 2.35. The number of fused-ring (bicyclic) bond motifs is 1. The molecule has 1 aliphatic heterocycles. The summed E-state index contributed by atoms with van der Waals surface area (Å²) in [6.45, 7) is 0.974. The topological polar surface area (TPSA) is 46.5 Å². The lowest BCUT2D eigenvalue weighted by atomic mass is 10.2. The summed E-state index contributed by atoms with van der Waals surface area (Å²) in [5.74, 6) is 1.23. The SMILES string of the molecule is COc1ccc2c(c1)C[N+](C)(O)CCS2=O. The first kappa shape index (κ1) is 11.6. The molecule has 0 saturated carbocycles. The van der Waals surface area contributed by atoms with E-state index in [9.17, 15) is 9.42 Å². The van der Waals surface area contributed by atoms with Crippen molar-refractivity contribution in [3.8, 4) is 5.75 Å². The Labute approximate surface area is 97.5 Å². The maximum atomic E-state index is 11.9. The van der Waals surface area contributed by atoms with E-state index in [1.54, 1.807) is 14.2 Å². The Balaban J connectivity index is 2.47. The Hall–Kier alpha value is -0.910. The van der Waals surface area contributed by atoms with Gasteiger partial charge in [-0.1, -0.05) is 0 Å². The van der Waals surface area contributed by atoms with Gasteiger partial charge in [0, 0.05) is 10.5 Å². The Bertz CT molecular complexity index is 431. The van der Waals surface area contributed by atoms with Gasteiger partial charge >= 0.3 is 0 Å². The molecule has 0 radical (unpaired) electrons. The average molecular weight is 242 g/mol. The van der Waals surface area contributed by atoms with Gasteiger partial charge in [-0.3, -0.25) is 4.21 Å². The fraction of sp³-hybridized carbons (Fsp3) is 0.455. The number of quaternary nitrogens is 1. The molecule has 1 aromatic rings. The molecule has 2 rings (SSSR count). The summed E-state index contributed by atoms with van der Waals surface area (Å²) in [5.41, 5.74) is 0.903. The number of nitrogens with zero attached hydrogens (tertiary/aromatic N) is 1. The van der Waals surface area contributed by atoms with Gasteiger partial charge in [0.25, 0.3) is 0 Å². The molecule has 0 spiro atoms. The molecule has 4 nitrogen and oxygen atoms in total. The Kier molecular flexibility index (Phi) is 3.01. The lowest BCUT2D eigenvalue weighted by molar-refractivity contribution is -1.10. The smallest absolute Gasteiger partial charge is 0.135 e. The lowest BCUT2D eigenvalue weighted by Crippen LogP contribution is -2.40. The van der Waals surface area contributed by atoms with Crippen molar-refractivity contribution in [1.82, 2.24) is 0 Å². The number of hydrogen-bond donors (Lipinski definition) is 1. The Morgan fingerprint density at radius 2 is 2.25 bits per heavy atom. The second-order valence-corrected chi connectivity index (χ2v) is 5.78. The predicted molar refractivity (Wildman–Crippen MR) is 60.8 cm³/mol. The zero-order chi connectivity index (χ0) is 11.8. The first-order chi connectivity index (χ1) is 7.52. The number of ether oxygens (including phenoxy) is 1. The number of hydroxylamine groups is 3. The third-order valence-electron chi connectivity index (χ3n) is 2.78. The third-order valence-corrected chi connectivity index (χ3v) is 4.22. The fourth-order valence-corrected chi connectivity index (χ4v) is 3.28. The quantitative estimate of drug-likeness (QED) is 0.752. The maximum absolute atomic E-state index is 11.9. The van der Waals surface area contributed by atoms with Crippen molar-refractivity contribution in [3.63, 3.8) is 0 Å². The fourth-order valence-electron chi connectivity index (χ4n) is 1.86. The van der Waals surface area contributed by atoms with Gasteiger partial charge in [-0.25, -0.2) is 5.21 Å². The van der Waals surface area contributed by atoms with Crippen molar-refractivity contribution in [1.29, 1.82) is 0 Å². The zero-order valence-electron chi connectivity index (χ0n) is 9.47. The highest BCUT2D eigenvalue weighted by atomic mass is 32.2. The monoisotopic (exact) mass is 242 g/mol. The van der Waals surface area contributed by atoms with Gasteiger partial charge in [0.2, 0.25) is 0 Å². The summed E-state index contributed by atoms with van der Waals surface area (Å²) in [7, 11) is 2.31. The van der Waals surface area contributed by atoms with E-state index in [-0.39, 0.29) is 4.65 Å². The van der Waals surface area contributed by atoms with Crippen LogP contribution in [0.5, 0.6) is 5.75 Å². The first-order valence-electron chi connectivity index (χ1n) is 5.14. The molecule has 0 aromatic heterocycles. The molecule has 0 fully saturated rings. The zero-order valence-corrected chi connectivity index (χ0v) is 10.3. The number of hydrogen-bond acceptors (Lipinski definition) is 3. The van der Waals surface area contributed by atoms with Gasteiger partial charge in [-0.05, 0) is 18.2 Å². The molecule has 0 bridgehead atoms. The van der Waals surface area contributed by atoms with Crippen molar-refractivity contribution in [3.05, 3.63) is 23.8 Å². The predicted octanol–water partition coefficient (Wildman–Crippen LogP) is 1.15. The van der Waals surface area contributed by atoms with Crippen molar-refractivity contribution in [2.24, 2.45) is 0 Å². The van der Waals surface area contributed by atoms with Gasteiger partial charge in [-0.2, -0.15) is 4.65 Å². The van der Waals surface area contributed by atoms with Crippen LogP contribution in [0.2, 0.25) is 0 Å². The van der Waals surface area contributed by atoms with Crippen LogP contribution in [0.4, 0.5) is 0 Å². The molecule has 1 aromatic carbocycles. The summed E-state index contributed by atoms with van der Waals surface area (Å²) < 4.78 is 17.0. The van der Waals surface area contributed by atoms with E-state index in [1.165, 1.54) is 0 Å². The summed E-state index contributed by atoms with van der Waals surface area (Å²) >= 11 is 0. The molecule has 2 unspecified atom stereocenters. The van der Waals surface area contributed by atoms with Crippen molar-refractivity contribution < 1.29 is 18.8 Å². The van der Waals surface area contributed by atoms with E-state index in [4.69, 9.17) is 4.74 Å². The van der Waals surface area contributed by atoms with Crippen LogP contribution in [0.15, 0.2) is 23.1 Å². The van der Waals surface area contributed by atoms with Crippen molar-refractivity contribution in [2.75, 3.05) is 26.5 Å². The summed E-state index contributed by atoms with van der Waals surface area (Å²) in [6.07, 6.45) is 0. The van der Waals surface area contributed by atoms with E-state index >= 15 is 0 Å². The maximum Gasteiger partial charge on any atom is 0.135 e. The Morgan fingerprint density at radius 1 is 1.50 bits per heavy atom. The molecule has 0 amide bonds. The van der Waals surface area contributed by atoms with Gasteiger partial charge in [-0.15, -0.1) is 0 Å². The number of methoxy groups -OCH3 is 1. The van der Waals surface area contributed by atoms with E-state index < -0.39 is 10.8 Å². The van der Waals surface area contributed by atoms with Crippen molar-refractivity contribution in [2.45, 2.75) is 11.4 Å². The molecule has 0 saturated heterocycles. The highest BCUT2D eigenvalue weighted by molar-refractivity contribution is 7.85. The first-order valence-corrected chi connectivity index (χ1v) is 6.46. The molecule has 88 valence electrons. The van der Waals surface area contributed by atoms with Crippen LogP contribution in [0.1, 0.15) is 5.56 Å². The summed E-state index contributed by atoms with van der Waals surface area (Å²) in [5, 5.41) is 10.0. The van der Waals surface area contributed by atoms with Crippen LogP contribution in [0.3, 0.4) is 0 Å². The summed E-state index contributed by atoms with van der Waals surface area (Å²) in [6, 6.07) is 5.49. The second kappa shape index (κ2) is 4.16. The molecular formula is C11H16NO3S+. The van der Waals surface area contributed by atoms with E-state index in [0.29, 0.717) is 18.8 Å². The molecule has 16 heavy (non-hydrogen) atoms. The summed E-state index contributed by atoms with van der Waals surface area (Å²) in [4.78, 5) is 0.816. The Morgan fingerprint density at radius 3 is 2.94 bits per heavy atom. The van der Waals surface area contributed by atoms with E-state index in [0.717, 1.165) is 16.2 Å². The van der Waals surface area contributed by atoms with E-state index in [1.807, 2.05) is 18.2 Å². The van der Waals surface area contributed by atoms with Gasteiger partial charge in [0.05, 0.1) is 30.7 Å². The van der Waals surface area contributed by atoms with Crippen LogP contribution in [0.25, 0.3) is 0 Å². The van der Waals surface area contributed by atoms with Gasteiger partial charge in [0.15, 0.2) is 0 Å². The molecule has 1 N–H and O–H groups in total. The molecule has 0 aliphatic carbocycles. The van der Waals surface area contributed by atoms with Gasteiger partial charge < -0.3 is 4.74 Å². The molecule has 2 atom stereocenters. The standard InChI is InChI=1S/C11H16NO3S/c1-12(13)5-6-16(14)11-4-3-10(15-2)7-9(11)8-12/h3-4,7,13H,5-6,8H2,1-2H3/q+1. The second-order valence-electron chi connectivity index (χ2n) is 4.24.